The Kier molecular flexibility index (Phi) is 3.39. The smallest absolute Gasteiger partial charge is 0.258 e. The summed E-state index contributed by atoms with van der Waals surface area (Å²) >= 11 is 0. The largest absolute Gasteiger partial charge is 0.495 e. The van der Waals surface area contributed by atoms with E-state index >= 15 is 0 Å². The summed E-state index contributed by atoms with van der Waals surface area (Å²) in [5, 5.41) is 0. The van der Waals surface area contributed by atoms with Crippen LogP contribution >= 0.6 is 0 Å². The Bertz CT molecular complexity index is 685. The molecule has 0 aliphatic carbocycles. The van der Waals surface area contributed by atoms with Gasteiger partial charge in [0, 0.05) is 5.56 Å². The normalized spacial score (nSPS) is 13.3. The minimum Gasteiger partial charge on any atom is -0.495 e. The van der Waals surface area contributed by atoms with Gasteiger partial charge in [-0.05, 0) is 30.3 Å². The van der Waals surface area contributed by atoms with E-state index in [2.05, 4.69) is 0 Å². The zero-order valence-corrected chi connectivity index (χ0v) is 11.7. The number of hydrogen-bond donors (Lipinski definition) is 1. The minimum atomic E-state index is -0.0935. The summed E-state index contributed by atoms with van der Waals surface area (Å²) in [6, 6.07) is 12.6. The number of hydrogen-bond acceptors (Lipinski definition) is 4. The number of nitrogens with zero attached hydrogens (tertiary/aromatic N) is 1. The number of methoxy groups -OCH3 is 1. The average molecular weight is 284 g/mol. The maximum atomic E-state index is 12.7. The molecule has 21 heavy (non-hydrogen) atoms. The van der Waals surface area contributed by atoms with Crippen molar-refractivity contribution in [2.45, 2.75) is 0 Å². The maximum absolute atomic E-state index is 12.7. The van der Waals surface area contributed by atoms with Crippen molar-refractivity contribution < 1.29 is 14.3 Å². The Morgan fingerprint density at radius 3 is 2.90 bits per heavy atom. The van der Waals surface area contributed by atoms with Gasteiger partial charge in [-0.1, -0.05) is 12.1 Å². The molecule has 2 aromatic carbocycles. The van der Waals surface area contributed by atoms with Crippen molar-refractivity contribution >= 4 is 17.3 Å². The second-order valence-corrected chi connectivity index (χ2v) is 4.73. The van der Waals surface area contributed by atoms with Gasteiger partial charge in [0.2, 0.25) is 0 Å². The molecule has 1 aliphatic heterocycles. The Hall–Kier alpha value is -2.69. The number of para-hydroxylation sites is 2. The third-order valence-corrected chi connectivity index (χ3v) is 3.45. The van der Waals surface area contributed by atoms with Crippen LogP contribution in [0.1, 0.15) is 10.4 Å². The summed E-state index contributed by atoms with van der Waals surface area (Å²) in [6.07, 6.45) is 0. The van der Waals surface area contributed by atoms with E-state index in [9.17, 15) is 4.79 Å². The van der Waals surface area contributed by atoms with Crippen LogP contribution in [0.3, 0.4) is 0 Å². The molecule has 5 heteroatoms. The summed E-state index contributed by atoms with van der Waals surface area (Å²) < 4.78 is 10.7. The lowest BCUT2D eigenvalue weighted by Gasteiger charge is -2.29. The molecule has 0 fully saturated rings. The molecule has 1 heterocycles. The molecule has 0 radical (unpaired) electrons. The van der Waals surface area contributed by atoms with E-state index in [1.165, 1.54) is 7.11 Å². The highest BCUT2D eigenvalue weighted by molar-refractivity contribution is 6.07. The molecule has 0 unspecified atom stereocenters. The highest BCUT2D eigenvalue weighted by atomic mass is 16.5. The molecule has 0 saturated carbocycles. The van der Waals surface area contributed by atoms with Crippen molar-refractivity contribution in [2.24, 2.45) is 0 Å². The van der Waals surface area contributed by atoms with Gasteiger partial charge in [0.25, 0.3) is 5.91 Å². The van der Waals surface area contributed by atoms with E-state index in [0.717, 1.165) is 11.4 Å². The van der Waals surface area contributed by atoms with E-state index in [-0.39, 0.29) is 5.91 Å². The van der Waals surface area contributed by atoms with Crippen LogP contribution in [0.2, 0.25) is 0 Å². The quantitative estimate of drug-likeness (QED) is 0.860. The van der Waals surface area contributed by atoms with Crippen molar-refractivity contribution in [3.63, 3.8) is 0 Å². The maximum Gasteiger partial charge on any atom is 0.258 e. The number of nitrogens with two attached hydrogens (primary N) is 1. The standard InChI is InChI=1S/C16H16N2O3/c1-20-15-10-11(6-7-12(15)17)16(19)18-8-9-21-14-5-3-2-4-13(14)18/h2-7,10H,8-9,17H2,1H3. The highest BCUT2D eigenvalue weighted by Gasteiger charge is 2.24. The molecule has 3 rings (SSSR count). The van der Waals surface area contributed by atoms with Gasteiger partial charge in [-0.25, -0.2) is 0 Å². The Morgan fingerprint density at radius 1 is 1.29 bits per heavy atom. The van der Waals surface area contributed by atoms with Crippen molar-refractivity contribution in [1.29, 1.82) is 0 Å². The molecule has 2 aromatic rings. The van der Waals surface area contributed by atoms with Crippen molar-refractivity contribution in [1.82, 2.24) is 0 Å². The number of carbonyl (C=O) groups is 1. The lowest BCUT2D eigenvalue weighted by Crippen LogP contribution is -2.37. The first-order valence-corrected chi connectivity index (χ1v) is 6.68. The molecule has 0 bridgehead atoms. The Balaban J connectivity index is 1.96. The number of benzene rings is 2. The molecule has 2 N–H and O–H groups in total. The van der Waals surface area contributed by atoms with E-state index in [0.29, 0.717) is 30.2 Å². The minimum absolute atomic E-state index is 0.0935. The number of amides is 1. The van der Waals surface area contributed by atoms with Crippen LogP contribution in [-0.2, 0) is 0 Å². The fourth-order valence-electron chi connectivity index (χ4n) is 2.38. The van der Waals surface area contributed by atoms with E-state index < -0.39 is 0 Å². The van der Waals surface area contributed by atoms with Crippen LogP contribution in [0.5, 0.6) is 11.5 Å². The van der Waals surface area contributed by atoms with Crippen LogP contribution in [0.15, 0.2) is 42.5 Å². The third-order valence-electron chi connectivity index (χ3n) is 3.45. The molecular formula is C16H16N2O3. The fourth-order valence-corrected chi connectivity index (χ4v) is 2.38. The first-order chi connectivity index (χ1) is 10.2. The number of nitrogen functional groups attached to an aromatic ring is 1. The highest BCUT2D eigenvalue weighted by Crippen LogP contribution is 2.32. The molecule has 0 aromatic heterocycles. The topological polar surface area (TPSA) is 64.8 Å². The summed E-state index contributed by atoms with van der Waals surface area (Å²) in [6.45, 7) is 0.997. The predicted molar refractivity (Wildman–Crippen MR) is 81.0 cm³/mol. The Morgan fingerprint density at radius 2 is 2.10 bits per heavy atom. The van der Waals surface area contributed by atoms with E-state index in [1.807, 2.05) is 24.3 Å². The molecule has 1 amide bonds. The zero-order chi connectivity index (χ0) is 14.8. The van der Waals surface area contributed by atoms with Gasteiger partial charge < -0.3 is 20.1 Å². The number of fused-ring (bicyclic) bond motifs is 1. The summed E-state index contributed by atoms with van der Waals surface area (Å²) in [7, 11) is 1.53. The van der Waals surface area contributed by atoms with Crippen LogP contribution in [-0.4, -0.2) is 26.2 Å². The molecule has 0 atom stereocenters. The molecule has 0 spiro atoms. The number of carbonyl (C=O) groups excluding carboxylic acids is 1. The van der Waals surface area contributed by atoms with Crippen LogP contribution in [0, 0.1) is 0 Å². The summed E-state index contributed by atoms with van der Waals surface area (Å²) in [5.74, 6) is 1.13. The SMILES string of the molecule is COc1cc(C(=O)N2CCOc3ccccc32)ccc1N. The second-order valence-electron chi connectivity index (χ2n) is 4.73. The zero-order valence-electron chi connectivity index (χ0n) is 11.7. The van der Waals surface area contributed by atoms with Crippen LogP contribution in [0.25, 0.3) is 0 Å². The second kappa shape index (κ2) is 5.36. The van der Waals surface area contributed by atoms with Crippen LogP contribution < -0.4 is 20.1 Å². The van der Waals surface area contributed by atoms with Gasteiger partial charge >= 0.3 is 0 Å². The van der Waals surface area contributed by atoms with Gasteiger partial charge in [-0.3, -0.25) is 4.79 Å². The van der Waals surface area contributed by atoms with Gasteiger partial charge in [0.1, 0.15) is 18.1 Å². The lowest BCUT2D eigenvalue weighted by atomic mass is 10.1. The van der Waals surface area contributed by atoms with E-state index in [4.69, 9.17) is 15.2 Å². The number of anilines is 2. The molecule has 5 nitrogen and oxygen atoms in total. The predicted octanol–water partition coefficient (Wildman–Crippen LogP) is 2.32. The van der Waals surface area contributed by atoms with E-state index in [1.54, 1.807) is 23.1 Å². The number of ether oxygens (including phenoxy) is 2. The first kappa shape index (κ1) is 13.3. The molecule has 108 valence electrons. The van der Waals surface area contributed by atoms with Gasteiger partial charge in [0.15, 0.2) is 0 Å². The lowest BCUT2D eigenvalue weighted by molar-refractivity contribution is 0.0976. The summed E-state index contributed by atoms with van der Waals surface area (Å²) in [4.78, 5) is 14.4. The van der Waals surface area contributed by atoms with Crippen LogP contribution in [0.4, 0.5) is 11.4 Å². The molecular weight excluding hydrogens is 268 g/mol. The molecule has 1 aliphatic rings. The van der Waals surface area contributed by atoms with Gasteiger partial charge in [-0.15, -0.1) is 0 Å². The summed E-state index contributed by atoms with van der Waals surface area (Å²) in [5.41, 5.74) is 7.62. The average Bonchev–Trinajstić information content (AvgIpc) is 2.54. The monoisotopic (exact) mass is 284 g/mol. The van der Waals surface area contributed by atoms with Gasteiger partial charge in [0.05, 0.1) is 25.0 Å². The third kappa shape index (κ3) is 2.38. The van der Waals surface area contributed by atoms with Crippen molar-refractivity contribution in [2.75, 3.05) is 30.9 Å². The number of rotatable bonds is 2. The molecule has 0 saturated heterocycles. The fraction of sp³-hybridized carbons (Fsp3) is 0.188. The Labute approximate surface area is 122 Å². The van der Waals surface area contributed by atoms with Crippen molar-refractivity contribution in [3.05, 3.63) is 48.0 Å². The van der Waals surface area contributed by atoms with Gasteiger partial charge in [-0.2, -0.15) is 0 Å². The van der Waals surface area contributed by atoms with Crippen molar-refractivity contribution in [3.8, 4) is 11.5 Å². The first-order valence-electron chi connectivity index (χ1n) is 6.68.